The van der Waals surface area contributed by atoms with Gasteiger partial charge in [-0.3, -0.25) is 9.55 Å². The van der Waals surface area contributed by atoms with Crippen LogP contribution in [0.1, 0.15) is 50.4 Å². The summed E-state index contributed by atoms with van der Waals surface area (Å²) in [6, 6.07) is 32.8. The first-order valence-corrected chi connectivity index (χ1v) is 13.1. The van der Waals surface area contributed by atoms with Gasteiger partial charge in [-0.05, 0) is 65.6 Å². The molecular formula is C34H31N3O. The molecule has 0 fully saturated rings. The topological polar surface area (TPSA) is 50.9 Å². The van der Waals surface area contributed by atoms with E-state index in [1.54, 1.807) is 6.07 Å². The number of phenols is 1. The number of aromatic hydroxyl groups is 1. The predicted molar refractivity (Wildman–Crippen MR) is 156 cm³/mol. The molecule has 0 spiro atoms. The molecule has 0 saturated heterocycles. The first kappa shape index (κ1) is 23.9. The van der Waals surface area contributed by atoms with Crippen molar-refractivity contribution >= 4 is 21.9 Å². The monoisotopic (exact) mass is 497 g/mol. The van der Waals surface area contributed by atoms with Gasteiger partial charge in [-0.25, -0.2) is 4.98 Å². The first-order chi connectivity index (χ1) is 18.3. The number of hydrogen-bond acceptors (Lipinski definition) is 3. The van der Waals surface area contributed by atoms with Crippen molar-refractivity contribution in [2.45, 2.75) is 39.0 Å². The summed E-state index contributed by atoms with van der Waals surface area (Å²) in [5.41, 5.74) is 7.76. The Bertz CT molecular complexity index is 1800. The summed E-state index contributed by atoms with van der Waals surface area (Å²) in [5, 5.41) is 12.9. The van der Waals surface area contributed by atoms with Crippen LogP contribution in [-0.4, -0.2) is 19.6 Å². The Morgan fingerprint density at radius 2 is 1.58 bits per heavy atom. The largest absolute Gasteiger partial charge is 0.506 e. The number of phenolic OH excluding ortho intramolecular Hbond substituents is 1. The van der Waals surface area contributed by atoms with Crippen molar-refractivity contribution in [1.29, 1.82) is 0 Å². The first-order valence-electron chi connectivity index (χ1n) is 13.1. The van der Waals surface area contributed by atoms with Crippen LogP contribution in [0.25, 0.3) is 38.9 Å². The second-order valence-corrected chi connectivity index (χ2v) is 10.7. The minimum atomic E-state index is -0.268. The average Bonchev–Trinajstić information content (AvgIpc) is 3.27. The lowest BCUT2D eigenvalue weighted by atomic mass is 9.79. The van der Waals surface area contributed by atoms with E-state index in [-0.39, 0.29) is 11.2 Å². The molecular weight excluding hydrogens is 466 g/mol. The molecule has 4 nitrogen and oxygen atoms in total. The second-order valence-electron chi connectivity index (χ2n) is 10.7. The number of fused-ring (bicyclic) bond motifs is 3. The van der Waals surface area contributed by atoms with Crippen LogP contribution < -0.4 is 0 Å². The molecule has 1 N–H and O–H groups in total. The van der Waals surface area contributed by atoms with Gasteiger partial charge in [-0.15, -0.1) is 0 Å². The fourth-order valence-electron chi connectivity index (χ4n) is 5.26. The quantitative estimate of drug-likeness (QED) is 0.260. The van der Waals surface area contributed by atoms with Gasteiger partial charge >= 0.3 is 0 Å². The van der Waals surface area contributed by atoms with E-state index in [9.17, 15) is 5.11 Å². The molecule has 3 aromatic heterocycles. The van der Waals surface area contributed by atoms with Crippen molar-refractivity contribution < 1.29 is 5.11 Å². The molecule has 3 heterocycles. The molecule has 0 bridgehead atoms. The number of hydrogen-bond donors (Lipinski definition) is 1. The molecule has 0 aliphatic rings. The smallest absolute Gasteiger partial charge is 0.146 e. The lowest BCUT2D eigenvalue weighted by molar-refractivity contribution is 0.473. The van der Waals surface area contributed by atoms with Crippen molar-refractivity contribution in [2.75, 3.05) is 0 Å². The van der Waals surface area contributed by atoms with Crippen molar-refractivity contribution in [1.82, 2.24) is 14.5 Å². The van der Waals surface area contributed by atoms with E-state index in [1.165, 1.54) is 11.1 Å². The van der Waals surface area contributed by atoms with Crippen molar-refractivity contribution in [3.05, 3.63) is 120 Å². The molecule has 0 aliphatic carbocycles. The Morgan fingerprint density at radius 1 is 0.789 bits per heavy atom. The molecule has 0 radical (unpaired) electrons. The zero-order valence-corrected chi connectivity index (χ0v) is 22.2. The van der Waals surface area contributed by atoms with Crippen LogP contribution in [-0.2, 0) is 5.41 Å². The normalized spacial score (nSPS) is 12.0. The maximum absolute atomic E-state index is 10.7. The van der Waals surface area contributed by atoms with Gasteiger partial charge in [0.15, 0.2) is 0 Å². The highest BCUT2D eigenvalue weighted by molar-refractivity contribution is 6.08. The molecule has 38 heavy (non-hydrogen) atoms. The SMILES string of the molecule is CC(C)c1ccnc(C(C)(C)c2cccc(-c3ccc4c5ccccc5n(-c5ccccc5O)c4n3)c2)c1. The molecule has 4 heteroatoms. The van der Waals surface area contributed by atoms with Crippen molar-refractivity contribution in [3.8, 4) is 22.7 Å². The van der Waals surface area contributed by atoms with Gasteiger partial charge in [0, 0.05) is 27.9 Å². The highest BCUT2D eigenvalue weighted by atomic mass is 16.3. The van der Waals surface area contributed by atoms with Gasteiger partial charge in [-0.1, -0.05) is 76.2 Å². The van der Waals surface area contributed by atoms with E-state index in [0.29, 0.717) is 11.6 Å². The summed E-state index contributed by atoms with van der Waals surface area (Å²) >= 11 is 0. The molecule has 188 valence electrons. The highest BCUT2D eigenvalue weighted by Gasteiger charge is 2.26. The van der Waals surface area contributed by atoms with Crippen LogP contribution in [0.4, 0.5) is 0 Å². The lowest BCUT2D eigenvalue weighted by Gasteiger charge is -2.26. The fraction of sp³-hybridized carbons (Fsp3) is 0.176. The summed E-state index contributed by atoms with van der Waals surface area (Å²) in [7, 11) is 0. The zero-order valence-electron chi connectivity index (χ0n) is 22.2. The van der Waals surface area contributed by atoms with Crippen LogP contribution in [0.15, 0.2) is 103 Å². The molecule has 0 atom stereocenters. The third-order valence-electron chi connectivity index (χ3n) is 7.62. The fourth-order valence-corrected chi connectivity index (χ4v) is 5.26. The van der Waals surface area contributed by atoms with Gasteiger partial charge in [0.25, 0.3) is 0 Å². The maximum atomic E-state index is 10.7. The average molecular weight is 498 g/mol. The number of pyridine rings is 2. The molecule has 0 unspecified atom stereocenters. The summed E-state index contributed by atoms with van der Waals surface area (Å²) < 4.78 is 2.05. The van der Waals surface area contributed by atoms with Crippen LogP contribution in [0, 0.1) is 0 Å². The summed E-state index contributed by atoms with van der Waals surface area (Å²) in [4.78, 5) is 9.92. The Kier molecular flexibility index (Phi) is 5.76. The van der Waals surface area contributed by atoms with Gasteiger partial charge in [0.05, 0.1) is 22.6 Å². The van der Waals surface area contributed by atoms with Crippen LogP contribution in [0.3, 0.4) is 0 Å². The standard InChI is InChI=1S/C34H31N3O/c1-22(2)23-18-19-35-32(21-23)34(3,4)25-11-9-10-24(20-25)28-17-16-27-26-12-5-6-13-29(26)37(33(27)36-28)30-14-7-8-15-31(30)38/h5-22,38H,1-4H3. The van der Waals surface area contributed by atoms with E-state index in [2.05, 4.69) is 92.9 Å². The molecule has 0 amide bonds. The van der Waals surface area contributed by atoms with E-state index < -0.39 is 0 Å². The van der Waals surface area contributed by atoms with Crippen LogP contribution >= 0.6 is 0 Å². The molecule has 6 rings (SSSR count). The van der Waals surface area contributed by atoms with Gasteiger partial charge < -0.3 is 5.11 Å². The van der Waals surface area contributed by atoms with E-state index in [0.717, 1.165) is 38.9 Å². The van der Waals surface area contributed by atoms with E-state index in [4.69, 9.17) is 9.97 Å². The number of benzene rings is 3. The summed E-state index contributed by atoms with van der Waals surface area (Å²) in [5.74, 6) is 0.674. The Hall–Kier alpha value is -4.44. The van der Waals surface area contributed by atoms with Crippen LogP contribution in [0.2, 0.25) is 0 Å². The maximum Gasteiger partial charge on any atom is 0.146 e. The van der Waals surface area contributed by atoms with Gasteiger partial charge in [0.2, 0.25) is 0 Å². The zero-order chi connectivity index (χ0) is 26.4. The molecule has 0 saturated carbocycles. The lowest BCUT2D eigenvalue weighted by Crippen LogP contribution is -2.21. The minimum Gasteiger partial charge on any atom is -0.506 e. The van der Waals surface area contributed by atoms with Crippen molar-refractivity contribution in [2.24, 2.45) is 0 Å². The molecule has 3 aromatic carbocycles. The second kappa shape index (κ2) is 9.14. The number of rotatable bonds is 5. The third kappa shape index (κ3) is 3.93. The van der Waals surface area contributed by atoms with E-state index in [1.807, 2.05) is 36.5 Å². The predicted octanol–water partition coefficient (Wildman–Crippen LogP) is 8.40. The van der Waals surface area contributed by atoms with Gasteiger partial charge in [0.1, 0.15) is 11.4 Å². The Labute approximate surface area is 223 Å². The number of aromatic nitrogens is 3. The highest BCUT2D eigenvalue weighted by Crippen LogP contribution is 2.37. The summed E-state index contributed by atoms with van der Waals surface area (Å²) in [6.45, 7) is 8.88. The number of para-hydroxylation sites is 3. The molecule has 0 aliphatic heterocycles. The van der Waals surface area contributed by atoms with E-state index >= 15 is 0 Å². The summed E-state index contributed by atoms with van der Waals surface area (Å²) in [6.07, 6.45) is 1.92. The Morgan fingerprint density at radius 3 is 2.39 bits per heavy atom. The van der Waals surface area contributed by atoms with Crippen molar-refractivity contribution in [3.63, 3.8) is 0 Å². The van der Waals surface area contributed by atoms with Crippen LogP contribution in [0.5, 0.6) is 5.75 Å². The Balaban J connectivity index is 1.51. The number of nitrogens with zero attached hydrogens (tertiary/aromatic N) is 3. The minimum absolute atomic E-state index is 0.224. The molecule has 6 aromatic rings. The third-order valence-corrected chi connectivity index (χ3v) is 7.62. The van der Waals surface area contributed by atoms with Gasteiger partial charge in [-0.2, -0.15) is 0 Å².